The van der Waals surface area contributed by atoms with Crippen molar-refractivity contribution in [3.63, 3.8) is 0 Å². The van der Waals surface area contributed by atoms with Crippen molar-refractivity contribution in [2.75, 3.05) is 23.7 Å². The summed E-state index contributed by atoms with van der Waals surface area (Å²) in [5.74, 6) is 0.772. The Balaban J connectivity index is 1.80. The van der Waals surface area contributed by atoms with E-state index in [1.165, 1.54) is 11.1 Å². The lowest BCUT2D eigenvalue weighted by Crippen LogP contribution is -2.22. The van der Waals surface area contributed by atoms with Gasteiger partial charge in [-0.2, -0.15) is 0 Å². The Bertz CT molecular complexity index is 865. The highest BCUT2D eigenvalue weighted by Gasteiger charge is 2.19. The lowest BCUT2D eigenvalue weighted by atomic mass is 9.87. The standard InChI is InChI=1S/C22H27N5/c1-15(16-8-4-2-5-9-16)26-13-12-18(17-10-6-3-7-11-17)19-14-20(23)27-22(25)21(19)24/h2-11,14-15,18,26H,12-13,24H2,1H3,(H4,23,25,27). The summed E-state index contributed by atoms with van der Waals surface area (Å²) in [6.45, 7) is 3.00. The Morgan fingerprint density at radius 3 is 2.11 bits per heavy atom. The molecule has 3 rings (SSSR count). The van der Waals surface area contributed by atoms with E-state index in [4.69, 9.17) is 17.2 Å². The molecule has 140 valence electrons. The van der Waals surface area contributed by atoms with E-state index < -0.39 is 0 Å². The number of rotatable bonds is 7. The van der Waals surface area contributed by atoms with Crippen LogP contribution in [-0.2, 0) is 0 Å². The van der Waals surface area contributed by atoms with Crippen LogP contribution in [0.4, 0.5) is 17.3 Å². The first-order chi connectivity index (χ1) is 13.1. The number of benzene rings is 2. The number of aromatic nitrogens is 1. The van der Waals surface area contributed by atoms with Crippen LogP contribution in [0.25, 0.3) is 0 Å². The monoisotopic (exact) mass is 361 g/mol. The van der Waals surface area contributed by atoms with Crippen LogP contribution >= 0.6 is 0 Å². The van der Waals surface area contributed by atoms with Gasteiger partial charge in [-0.05, 0) is 42.6 Å². The predicted octanol–water partition coefficient (Wildman–Crippen LogP) is 3.70. The van der Waals surface area contributed by atoms with Crippen molar-refractivity contribution < 1.29 is 0 Å². The predicted molar refractivity (Wildman–Crippen MR) is 113 cm³/mol. The van der Waals surface area contributed by atoms with E-state index >= 15 is 0 Å². The molecule has 2 aromatic carbocycles. The molecule has 2 unspecified atom stereocenters. The number of nitrogen functional groups attached to an aromatic ring is 3. The highest BCUT2D eigenvalue weighted by atomic mass is 14.9. The molecule has 0 saturated heterocycles. The third-order valence-corrected chi connectivity index (χ3v) is 4.90. The van der Waals surface area contributed by atoms with E-state index in [-0.39, 0.29) is 17.8 Å². The Morgan fingerprint density at radius 2 is 1.48 bits per heavy atom. The van der Waals surface area contributed by atoms with E-state index in [1.54, 1.807) is 0 Å². The number of pyridine rings is 1. The lowest BCUT2D eigenvalue weighted by Gasteiger charge is -2.22. The van der Waals surface area contributed by atoms with Gasteiger partial charge in [0.15, 0.2) is 0 Å². The zero-order chi connectivity index (χ0) is 19.2. The second-order valence-corrected chi connectivity index (χ2v) is 6.77. The van der Waals surface area contributed by atoms with E-state index in [0.29, 0.717) is 11.5 Å². The molecule has 0 aliphatic heterocycles. The third kappa shape index (κ3) is 4.57. The average molecular weight is 361 g/mol. The highest BCUT2D eigenvalue weighted by Crippen LogP contribution is 2.34. The highest BCUT2D eigenvalue weighted by molar-refractivity contribution is 5.68. The van der Waals surface area contributed by atoms with Crippen LogP contribution in [0.2, 0.25) is 0 Å². The van der Waals surface area contributed by atoms with E-state index in [9.17, 15) is 0 Å². The van der Waals surface area contributed by atoms with Crippen LogP contribution in [-0.4, -0.2) is 11.5 Å². The number of nitrogens with two attached hydrogens (primary N) is 3. The molecule has 0 spiro atoms. The van der Waals surface area contributed by atoms with Gasteiger partial charge in [-0.25, -0.2) is 4.98 Å². The fraction of sp³-hybridized carbons (Fsp3) is 0.227. The summed E-state index contributed by atoms with van der Waals surface area (Å²) in [5.41, 5.74) is 22.0. The minimum Gasteiger partial charge on any atom is -0.396 e. The molecule has 0 bridgehead atoms. The van der Waals surface area contributed by atoms with Crippen molar-refractivity contribution >= 4 is 17.3 Å². The molecule has 27 heavy (non-hydrogen) atoms. The van der Waals surface area contributed by atoms with Crippen LogP contribution < -0.4 is 22.5 Å². The molecular weight excluding hydrogens is 334 g/mol. The van der Waals surface area contributed by atoms with E-state index in [2.05, 4.69) is 53.6 Å². The van der Waals surface area contributed by atoms with Gasteiger partial charge in [0.1, 0.15) is 11.6 Å². The summed E-state index contributed by atoms with van der Waals surface area (Å²) in [7, 11) is 0. The maximum atomic E-state index is 6.25. The van der Waals surface area contributed by atoms with Crippen molar-refractivity contribution in [1.82, 2.24) is 10.3 Å². The van der Waals surface area contributed by atoms with Gasteiger partial charge in [0.05, 0.1) is 5.69 Å². The summed E-state index contributed by atoms with van der Waals surface area (Å²) in [6.07, 6.45) is 0.869. The minimum atomic E-state index is 0.0919. The fourth-order valence-electron chi connectivity index (χ4n) is 3.40. The number of anilines is 3. The smallest absolute Gasteiger partial charge is 0.149 e. The molecule has 2 atom stereocenters. The molecule has 0 aliphatic rings. The summed E-state index contributed by atoms with van der Waals surface area (Å²) in [4.78, 5) is 4.07. The summed E-state index contributed by atoms with van der Waals surface area (Å²) in [5, 5.41) is 3.60. The number of nitrogens with one attached hydrogen (secondary N) is 1. The minimum absolute atomic E-state index is 0.0919. The van der Waals surface area contributed by atoms with E-state index in [0.717, 1.165) is 18.5 Å². The molecule has 1 aromatic heterocycles. The molecule has 1 heterocycles. The van der Waals surface area contributed by atoms with Gasteiger partial charge < -0.3 is 22.5 Å². The van der Waals surface area contributed by atoms with Gasteiger partial charge in [0, 0.05) is 12.0 Å². The van der Waals surface area contributed by atoms with Crippen molar-refractivity contribution in [3.05, 3.63) is 83.4 Å². The van der Waals surface area contributed by atoms with Crippen molar-refractivity contribution in [2.24, 2.45) is 0 Å². The van der Waals surface area contributed by atoms with E-state index in [1.807, 2.05) is 30.3 Å². The largest absolute Gasteiger partial charge is 0.396 e. The van der Waals surface area contributed by atoms with Gasteiger partial charge in [0.2, 0.25) is 0 Å². The topological polar surface area (TPSA) is 103 Å². The Kier molecular flexibility index (Phi) is 5.94. The molecule has 0 fully saturated rings. The summed E-state index contributed by atoms with van der Waals surface area (Å²) < 4.78 is 0. The van der Waals surface area contributed by atoms with Gasteiger partial charge in [-0.3, -0.25) is 0 Å². The molecule has 0 radical (unpaired) electrons. The molecule has 5 heteroatoms. The summed E-state index contributed by atoms with van der Waals surface area (Å²) >= 11 is 0. The Labute approximate surface area is 160 Å². The molecule has 3 aromatic rings. The molecular formula is C22H27N5. The second-order valence-electron chi connectivity index (χ2n) is 6.77. The van der Waals surface area contributed by atoms with Crippen LogP contribution in [0.3, 0.4) is 0 Å². The zero-order valence-electron chi connectivity index (χ0n) is 15.6. The molecule has 0 amide bonds. The van der Waals surface area contributed by atoms with Crippen molar-refractivity contribution in [2.45, 2.75) is 25.3 Å². The first-order valence-corrected chi connectivity index (χ1v) is 9.21. The Morgan fingerprint density at radius 1 is 0.889 bits per heavy atom. The second kappa shape index (κ2) is 8.56. The van der Waals surface area contributed by atoms with Crippen LogP contribution in [0, 0.1) is 0 Å². The third-order valence-electron chi connectivity index (χ3n) is 4.90. The zero-order valence-corrected chi connectivity index (χ0v) is 15.6. The fourth-order valence-corrected chi connectivity index (χ4v) is 3.40. The number of hydrogen-bond acceptors (Lipinski definition) is 5. The maximum Gasteiger partial charge on any atom is 0.149 e. The molecule has 5 nitrogen and oxygen atoms in total. The van der Waals surface area contributed by atoms with Gasteiger partial charge in [0.25, 0.3) is 0 Å². The maximum absolute atomic E-state index is 6.25. The van der Waals surface area contributed by atoms with Crippen molar-refractivity contribution in [1.29, 1.82) is 0 Å². The Hall–Kier alpha value is -3.05. The quantitative estimate of drug-likeness (QED) is 0.514. The number of hydrogen-bond donors (Lipinski definition) is 4. The SMILES string of the molecule is CC(NCCC(c1ccccc1)c1cc(N)nc(N)c1N)c1ccccc1. The first kappa shape index (κ1) is 18.7. The summed E-state index contributed by atoms with van der Waals surface area (Å²) in [6, 6.07) is 22.8. The van der Waals surface area contributed by atoms with Gasteiger partial charge in [-0.15, -0.1) is 0 Å². The molecule has 0 saturated carbocycles. The normalized spacial score (nSPS) is 13.2. The average Bonchev–Trinajstić information content (AvgIpc) is 2.69. The van der Waals surface area contributed by atoms with Gasteiger partial charge in [-0.1, -0.05) is 60.7 Å². The van der Waals surface area contributed by atoms with Gasteiger partial charge >= 0.3 is 0 Å². The first-order valence-electron chi connectivity index (χ1n) is 9.21. The number of nitrogens with zero attached hydrogens (tertiary/aromatic N) is 1. The van der Waals surface area contributed by atoms with Crippen LogP contribution in [0.15, 0.2) is 66.7 Å². The van der Waals surface area contributed by atoms with Crippen LogP contribution in [0.5, 0.6) is 0 Å². The van der Waals surface area contributed by atoms with Crippen LogP contribution in [0.1, 0.15) is 42.0 Å². The lowest BCUT2D eigenvalue weighted by molar-refractivity contribution is 0.540. The van der Waals surface area contributed by atoms with Crippen molar-refractivity contribution in [3.8, 4) is 0 Å². The molecule has 7 N–H and O–H groups in total. The molecule has 0 aliphatic carbocycles.